The van der Waals surface area contributed by atoms with Crippen molar-refractivity contribution in [1.29, 1.82) is 0 Å². The van der Waals surface area contributed by atoms with Crippen molar-refractivity contribution < 1.29 is 0 Å². The standard InChI is InChI=1S/C10H14N2S.2ClH/c1-2-7-12-10(5-1)13-9-4-3-6-11-8-9;;/h1-2,5,7,9,11H,3-4,6,8H2;2*1H. The van der Waals surface area contributed by atoms with Gasteiger partial charge < -0.3 is 5.32 Å². The minimum absolute atomic E-state index is 0. The zero-order valence-electron chi connectivity index (χ0n) is 8.39. The van der Waals surface area contributed by atoms with Gasteiger partial charge in [-0.1, -0.05) is 6.07 Å². The lowest BCUT2D eigenvalue weighted by Crippen LogP contribution is -2.31. The molecule has 2 heterocycles. The molecule has 1 aromatic rings. The van der Waals surface area contributed by atoms with E-state index in [1.807, 2.05) is 30.1 Å². The molecule has 1 atom stereocenters. The second-order valence-electron chi connectivity index (χ2n) is 3.25. The Kier molecular flexibility index (Phi) is 8.24. The van der Waals surface area contributed by atoms with Crippen LogP contribution >= 0.6 is 36.6 Å². The number of rotatable bonds is 2. The molecule has 1 fully saturated rings. The second kappa shape index (κ2) is 8.22. The molecule has 1 saturated heterocycles. The van der Waals surface area contributed by atoms with E-state index < -0.39 is 0 Å². The average Bonchev–Trinajstić information content (AvgIpc) is 2.21. The number of aromatic nitrogens is 1. The summed E-state index contributed by atoms with van der Waals surface area (Å²) in [6.45, 7) is 2.31. The van der Waals surface area contributed by atoms with Gasteiger partial charge in [0.15, 0.2) is 0 Å². The fourth-order valence-corrected chi connectivity index (χ4v) is 2.61. The Morgan fingerprint density at radius 2 is 2.20 bits per heavy atom. The molecule has 0 radical (unpaired) electrons. The monoisotopic (exact) mass is 266 g/mol. The van der Waals surface area contributed by atoms with Crippen LogP contribution in [0.15, 0.2) is 29.4 Å². The Morgan fingerprint density at radius 1 is 1.33 bits per heavy atom. The van der Waals surface area contributed by atoms with Crippen molar-refractivity contribution in [3.8, 4) is 0 Å². The van der Waals surface area contributed by atoms with Crippen LogP contribution in [-0.2, 0) is 0 Å². The van der Waals surface area contributed by atoms with Crippen molar-refractivity contribution in [2.75, 3.05) is 13.1 Å². The molecule has 2 nitrogen and oxygen atoms in total. The molecule has 1 aromatic heterocycles. The minimum atomic E-state index is 0. The first-order chi connectivity index (χ1) is 6.45. The molecular formula is C10H16Cl2N2S. The molecule has 0 bridgehead atoms. The van der Waals surface area contributed by atoms with Crippen LogP contribution in [-0.4, -0.2) is 23.3 Å². The molecule has 0 amide bonds. The van der Waals surface area contributed by atoms with Gasteiger partial charge in [0, 0.05) is 18.0 Å². The van der Waals surface area contributed by atoms with Gasteiger partial charge in [-0.2, -0.15) is 0 Å². The van der Waals surface area contributed by atoms with Crippen molar-refractivity contribution >= 4 is 36.6 Å². The van der Waals surface area contributed by atoms with Gasteiger partial charge >= 0.3 is 0 Å². The van der Waals surface area contributed by atoms with E-state index in [-0.39, 0.29) is 24.8 Å². The fourth-order valence-electron chi connectivity index (χ4n) is 1.51. The van der Waals surface area contributed by atoms with E-state index in [0.29, 0.717) is 5.25 Å². The fraction of sp³-hybridized carbons (Fsp3) is 0.500. The molecule has 0 aromatic carbocycles. The molecule has 15 heavy (non-hydrogen) atoms. The topological polar surface area (TPSA) is 24.9 Å². The molecule has 86 valence electrons. The molecule has 2 rings (SSSR count). The molecule has 1 unspecified atom stereocenters. The van der Waals surface area contributed by atoms with E-state index in [1.165, 1.54) is 19.4 Å². The zero-order chi connectivity index (χ0) is 8.93. The van der Waals surface area contributed by atoms with E-state index in [0.717, 1.165) is 11.6 Å². The van der Waals surface area contributed by atoms with E-state index in [9.17, 15) is 0 Å². The van der Waals surface area contributed by atoms with Crippen molar-refractivity contribution in [2.24, 2.45) is 0 Å². The molecular weight excluding hydrogens is 251 g/mol. The van der Waals surface area contributed by atoms with Crippen LogP contribution in [0.25, 0.3) is 0 Å². The van der Waals surface area contributed by atoms with Crippen molar-refractivity contribution in [3.63, 3.8) is 0 Å². The van der Waals surface area contributed by atoms with E-state index >= 15 is 0 Å². The maximum atomic E-state index is 4.31. The van der Waals surface area contributed by atoms with Gasteiger partial charge in [-0.15, -0.1) is 36.6 Å². The smallest absolute Gasteiger partial charge is 0.0962 e. The van der Waals surface area contributed by atoms with Gasteiger partial charge in [-0.3, -0.25) is 0 Å². The van der Waals surface area contributed by atoms with Crippen LogP contribution in [0.2, 0.25) is 0 Å². The lowest BCUT2D eigenvalue weighted by atomic mass is 10.2. The normalized spacial score (nSPS) is 19.9. The summed E-state index contributed by atoms with van der Waals surface area (Å²) in [5, 5.41) is 5.27. The van der Waals surface area contributed by atoms with Crippen molar-refractivity contribution in [3.05, 3.63) is 24.4 Å². The predicted molar refractivity (Wildman–Crippen MR) is 70.5 cm³/mol. The summed E-state index contributed by atoms with van der Waals surface area (Å²) in [6, 6.07) is 6.09. The average molecular weight is 267 g/mol. The lowest BCUT2D eigenvalue weighted by molar-refractivity contribution is 0.531. The molecule has 1 N–H and O–H groups in total. The van der Waals surface area contributed by atoms with E-state index in [4.69, 9.17) is 0 Å². The van der Waals surface area contributed by atoms with Crippen LogP contribution < -0.4 is 5.32 Å². The number of hydrogen-bond acceptors (Lipinski definition) is 3. The first kappa shape index (κ1) is 15.0. The molecule has 0 saturated carbocycles. The molecule has 1 aliphatic heterocycles. The first-order valence-corrected chi connectivity index (χ1v) is 5.61. The largest absolute Gasteiger partial charge is 0.316 e. The lowest BCUT2D eigenvalue weighted by Gasteiger charge is -2.21. The number of halogens is 2. The highest BCUT2D eigenvalue weighted by atomic mass is 35.5. The second-order valence-corrected chi connectivity index (χ2v) is 4.57. The number of nitrogens with zero attached hydrogens (tertiary/aromatic N) is 1. The Balaban J connectivity index is 0.000000980. The summed E-state index contributed by atoms with van der Waals surface area (Å²) in [7, 11) is 0. The summed E-state index contributed by atoms with van der Waals surface area (Å²) in [5.41, 5.74) is 0. The molecule has 1 aliphatic rings. The van der Waals surface area contributed by atoms with Crippen LogP contribution in [0.5, 0.6) is 0 Å². The summed E-state index contributed by atoms with van der Waals surface area (Å²) in [6.07, 6.45) is 4.47. The highest BCUT2D eigenvalue weighted by Crippen LogP contribution is 2.24. The third kappa shape index (κ3) is 5.07. The van der Waals surface area contributed by atoms with Crippen LogP contribution in [0.1, 0.15) is 12.8 Å². The first-order valence-electron chi connectivity index (χ1n) is 4.73. The van der Waals surface area contributed by atoms with Crippen LogP contribution in [0.3, 0.4) is 0 Å². The molecule has 5 heteroatoms. The third-order valence-corrected chi connectivity index (χ3v) is 3.40. The van der Waals surface area contributed by atoms with Crippen LogP contribution in [0, 0.1) is 0 Å². The summed E-state index contributed by atoms with van der Waals surface area (Å²) in [4.78, 5) is 4.31. The van der Waals surface area contributed by atoms with E-state index in [2.05, 4.69) is 16.4 Å². The molecule has 0 aliphatic carbocycles. The zero-order valence-corrected chi connectivity index (χ0v) is 10.8. The summed E-state index contributed by atoms with van der Waals surface area (Å²) in [5.74, 6) is 0. The third-order valence-electron chi connectivity index (χ3n) is 2.18. The van der Waals surface area contributed by atoms with Gasteiger partial charge in [0.2, 0.25) is 0 Å². The van der Waals surface area contributed by atoms with Gasteiger partial charge in [-0.05, 0) is 31.5 Å². The number of nitrogens with one attached hydrogen (secondary N) is 1. The van der Waals surface area contributed by atoms with Crippen molar-refractivity contribution in [1.82, 2.24) is 10.3 Å². The van der Waals surface area contributed by atoms with Crippen molar-refractivity contribution in [2.45, 2.75) is 23.1 Å². The quantitative estimate of drug-likeness (QED) is 0.892. The maximum absolute atomic E-state index is 4.31. The Bertz CT molecular complexity index is 253. The highest BCUT2D eigenvalue weighted by Gasteiger charge is 2.13. The van der Waals surface area contributed by atoms with Crippen LogP contribution in [0.4, 0.5) is 0 Å². The number of thioether (sulfide) groups is 1. The highest BCUT2D eigenvalue weighted by molar-refractivity contribution is 7.99. The maximum Gasteiger partial charge on any atom is 0.0962 e. The Hall–Kier alpha value is 0.0400. The van der Waals surface area contributed by atoms with Gasteiger partial charge in [0.1, 0.15) is 0 Å². The number of pyridine rings is 1. The SMILES string of the molecule is Cl.Cl.c1ccc(SC2CCCNC2)nc1. The summed E-state index contributed by atoms with van der Waals surface area (Å²) >= 11 is 1.89. The Morgan fingerprint density at radius 3 is 2.80 bits per heavy atom. The predicted octanol–water partition coefficient (Wildman–Crippen LogP) is 2.77. The van der Waals surface area contributed by atoms with Gasteiger partial charge in [0.05, 0.1) is 5.03 Å². The van der Waals surface area contributed by atoms with Gasteiger partial charge in [0.25, 0.3) is 0 Å². The molecule has 0 spiro atoms. The summed E-state index contributed by atoms with van der Waals surface area (Å²) < 4.78 is 0. The number of piperidine rings is 1. The van der Waals surface area contributed by atoms with E-state index in [1.54, 1.807) is 0 Å². The minimum Gasteiger partial charge on any atom is -0.316 e. The number of hydrogen-bond donors (Lipinski definition) is 1. The Labute approximate surface area is 107 Å². The van der Waals surface area contributed by atoms with Gasteiger partial charge in [-0.25, -0.2) is 4.98 Å².